The van der Waals surface area contributed by atoms with Crippen LogP contribution in [0.3, 0.4) is 0 Å². The van der Waals surface area contributed by atoms with Crippen LogP contribution in [0.1, 0.15) is 28.9 Å². The number of aliphatic hydroxyl groups excluding tert-OH is 1. The van der Waals surface area contributed by atoms with Gasteiger partial charge in [-0.05, 0) is 37.1 Å². The Morgan fingerprint density at radius 2 is 2.00 bits per heavy atom. The summed E-state index contributed by atoms with van der Waals surface area (Å²) in [5.74, 6) is 0.384. The highest BCUT2D eigenvalue weighted by Crippen LogP contribution is 2.27. The molecular weight excluding hydrogens is 234 g/mol. The quantitative estimate of drug-likeness (QED) is 0.851. The summed E-state index contributed by atoms with van der Waals surface area (Å²) >= 11 is 0. The molecule has 1 heterocycles. The second kappa shape index (κ2) is 4.81. The minimum Gasteiger partial charge on any atom is -0.508 e. The molecule has 2 nitrogen and oxygen atoms in total. The Hall–Kier alpha value is -2.22. The number of fused-ring (bicyclic) bond motifs is 1. The monoisotopic (exact) mass is 251 g/mol. The number of allylic oxidation sites excluding steroid dienone is 2. The molecular formula is C17H17NO. The Labute approximate surface area is 113 Å². The molecule has 0 atom stereocenters. The van der Waals surface area contributed by atoms with Crippen LogP contribution in [0.4, 0.5) is 0 Å². The number of nitrogens with zero attached hydrogens (tertiary/aromatic N) is 1. The summed E-state index contributed by atoms with van der Waals surface area (Å²) < 4.78 is 2.25. The molecule has 0 saturated heterocycles. The normalized spacial score (nSPS) is 13.8. The van der Waals surface area contributed by atoms with Crippen LogP contribution >= 0.6 is 0 Å². The number of hydrogen-bond acceptors (Lipinski definition) is 1. The molecule has 1 aromatic carbocycles. The van der Waals surface area contributed by atoms with Gasteiger partial charge in [0.05, 0.1) is 5.69 Å². The third-order valence-electron chi connectivity index (χ3n) is 3.53. The second-order valence-corrected chi connectivity index (χ2v) is 4.88. The van der Waals surface area contributed by atoms with E-state index in [9.17, 15) is 5.11 Å². The van der Waals surface area contributed by atoms with Crippen LogP contribution in [-0.4, -0.2) is 9.67 Å². The van der Waals surface area contributed by atoms with Gasteiger partial charge in [-0.15, -0.1) is 0 Å². The molecule has 0 aliphatic heterocycles. The maximum absolute atomic E-state index is 10.1. The van der Waals surface area contributed by atoms with Crippen molar-refractivity contribution < 1.29 is 5.11 Å². The first-order valence-corrected chi connectivity index (χ1v) is 6.56. The Kier molecular flexibility index (Phi) is 3.00. The number of hydrogen-bond donors (Lipinski definition) is 1. The van der Waals surface area contributed by atoms with Gasteiger partial charge < -0.3 is 9.67 Å². The van der Waals surface area contributed by atoms with E-state index in [0.29, 0.717) is 5.76 Å². The van der Waals surface area contributed by atoms with E-state index in [1.165, 1.54) is 11.3 Å². The van der Waals surface area contributed by atoms with Crippen LogP contribution in [0.25, 0.3) is 11.8 Å². The van der Waals surface area contributed by atoms with E-state index in [2.05, 4.69) is 54.0 Å². The average Bonchev–Trinajstić information content (AvgIpc) is 2.61. The molecule has 0 amide bonds. The zero-order valence-electron chi connectivity index (χ0n) is 11.0. The number of aryl methyl sites for hydroxylation is 1. The van der Waals surface area contributed by atoms with E-state index < -0.39 is 0 Å². The van der Waals surface area contributed by atoms with Gasteiger partial charge in [0.15, 0.2) is 0 Å². The molecule has 1 N–H and O–H groups in total. The molecule has 1 aliphatic carbocycles. The largest absolute Gasteiger partial charge is 0.508 e. The Bertz CT molecular complexity index is 647. The molecule has 96 valence electrons. The van der Waals surface area contributed by atoms with Gasteiger partial charge in [-0.25, -0.2) is 0 Å². The predicted molar refractivity (Wildman–Crippen MR) is 79.0 cm³/mol. The molecule has 1 aliphatic rings. The van der Waals surface area contributed by atoms with E-state index in [1.807, 2.05) is 12.1 Å². The zero-order chi connectivity index (χ0) is 13.2. The molecule has 0 spiro atoms. The maximum Gasteiger partial charge on any atom is 0.121 e. The summed E-state index contributed by atoms with van der Waals surface area (Å²) in [6.07, 6.45) is 6.83. The van der Waals surface area contributed by atoms with Crippen LogP contribution in [0.15, 0.2) is 48.6 Å². The number of aliphatic hydroxyl groups is 1. The first kappa shape index (κ1) is 11.8. The average molecular weight is 251 g/mol. The molecule has 2 aromatic rings. The SMILES string of the molecule is Cc1cc2c(n1Cc1ccccc1)C=CCC=C2O. The highest BCUT2D eigenvalue weighted by Gasteiger charge is 2.15. The Morgan fingerprint density at radius 1 is 1.21 bits per heavy atom. The van der Waals surface area contributed by atoms with Crippen molar-refractivity contribution in [2.75, 3.05) is 0 Å². The van der Waals surface area contributed by atoms with Crippen molar-refractivity contribution in [3.8, 4) is 0 Å². The maximum atomic E-state index is 10.1. The molecule has 3 rings (SSSR count). The molecule has 0 saturated carbocycles. The van der Waals surface area contributed by atoms with Gasteiger partial charge in [0.2, 0.25) is 0 Å². The molecule has 0 unspecified atom stereocenters. The van der Waals surface area contributed by atoms with Gasteiger partial charge in [0, 0.05) is 17.8 Å². The fourth-order valence-corrected chi connectivity index (χ4v) is 2.53. The van der Waals surface area contributed by atoms with Crippen LogP contribution < -0.4 is 0 Å². The van der Waals surface area contributed by atoms with Gasteiger partial charge >= 0.3 is 0 Å². The van der Waals surface area contributed by atoms with Crippen molar-refractivity contribution in [3.63, 3.8) is 0 Å². The van der Waals surface area contributed by atoms with Gasteiger partial charge in [-0.1, -0.05) is 36.4 Å². The number of rotatable bonds is 2. The lowest BCUT2D eigenvalue weighted by molar-refractivity contribution is 0.510. The molecule has 19 heavy (non-hydrogen) atoms. The minimum absolute atomic E-state index is 0.384. The van der Waals surface area contributed by atoms with Gasteiger partial charge in [-0.3, -0.25) is 0 Å². The van der Waals surface area contributed by atoms with Gasteiger partial charge in [0.25, 0.3) is 0 Å². The Balaban J connectivity index is 2.06. The first-order chi connectivity index (χ1) is 9.25. The molecule has 0 bridgehead atoms. The molecule has 1 aromatic heterocycles. The van der Waals surface area contributed by atoms with Gasteiger partial charge in [-0.2, -0.15) is 0 Å². The predicted octanol–water partition coefficient (Wildman–Crippen LogP) is 4.16. The van der Waals surface area contributed by atoms with Crippen molar-refractivity contribution in [3.05, 3.63) is 71.1 Å². The van der Waals surface area contributed by atoms with E-state index in [-0.39, 0.29) is 0 Å². The van der Waals surface area contributed by atoms with E-state index >= 15 is 0 Å². The van der Waals surface area contributed by atoms with Crippen LogP contribution in [-0.2, 0) is 6.54 Å². The molecule has 0 fully saturated rings. The van der Waals surface area contributed by atoms with Crippen molar-refractivity contribution in [2.45, 2.75) is 19.9 Å². The summed E-state index contributed by atoms with van der Waals surface area (Å²) in [5, 5.41) is 10.1. The van der Waals surface area contributed by atoms with E-state index in [0.717, 1.165) is 24.2 Å². The molecule has 0 radical (unpaired) electrons. The third kappa shape index (κ3) is 2.22. The summed E-state index contributed by atoms with van der Waals surface area (Å²) in [6.45, 7) is 2.91. The van der Waals surface area contributed by atoms with Crippen molar-refractivity contribution in [2.24, 2.45) is 0 Å². The topological polar surface area (TPSA) is 25.2 Å². The highest BCUT2D eigenvalue weighted by atomic mass is 16.3. The summed E-state index contributed by atoms with van der Waals surface area (Å²) in [6, 6.07) is 12.4. The van der Waals surface area contributed by atoms with Crippen LogP contribution in [0.5, 0.6) is 0 Å². The van der Waals surface area contributed by atoms with Crippen LogP contribution in [0, 0.1) is 6.92 Å². The van der Waals surface area contributed by atoms with Crippen molar-refractivity contribution in [1.29, 1.82) is 0 Å². The van der Waals surface area contributed by atoms with Gasteiger partial charge in [0.1, 0.15) is 5.76 Å². The smallest absolute Gasteiger partial charge is 0.121 e. The highest BCUT2D eigenvalue weighted by molar-refractivity contribution is 5.71. The Morgan fingerprint density at radius 3 is 2.79 bits per heavy atom. The molecule has 2 heteroatoms. The summed E-state index contributed by atoms with van der Waals surface area (Å²) in [5.41, 5.74) is 4.46. The fourth-order valence-electron chi connectivity index (χ4n) is 2.53. The van der Waals surface area contributed by atoms with E-state index in [1.54, 1.807) is 0 Å². The standard InChI is InChI=1S/C17H17NO/c1-13-11-15-16(9-5-6-10-17(15)19)18(13)12-14-7-3-2-4-8-14/h2-5,7-11,19H,6,12H2,1H3. The van der Waals surface area contributed by atoms with Crippen LogP contribution in [0.2, 0.25) is 0 Å². The third-order valence-corrected chi connectivity index (χ3v) is 3.53. The number of aromatic nitrogens is 1. The lowest BCUT2D eigenvalue weighted by Crippen LogP contribution is -2.04. The van der Waals surface area contributed by atoms with Crippen molar-refractivity contribution >= 4 is 11.8 Å². The lowest BCUT2D eigenvalue weighted by Gasteiger charge is -2.10. The summed E-state index contributed by atoms with van der Waals surface area (Å²) in [4.78, 5) is 0. The first-order valence-electron chi connectivity index (χ1n) is 6.56. The number of benzene rings is 1. The minimum atomic E-state index is 0.384. The van der Waals surface area contributed by atoms with E-state index in [4.69, 9.17) is 0 Å². The van der Waals surface area contributed by atoms with Crippen molar-refractivity contribution in [1.82, 2.24) is 4.57 Å². The second-order valence-electron chi connectivity index (χ2n) is 4.88. The zero-order valence-corrected chi connectivity index (χ0v) is 11.0. The fraction of sp³-hybridized carbons (Fsp3) is 0.176. The lowest BCUT2D eigenvalue weighted by atomic mass is 10.2. The summed E-state index contributed by atoms with van der Waals surface area (Å²) in [7, 11) is 0.